The van der Waals surface area contributed by atoms with Crippen molar-refractivity contribution < 1.29 is 14.3 Å². The second-order valence-corrected chi connectivity index (χ2v) is 5.06. The van der Waals surface area contributed by atoms with Gasteiger partial charge in [0.05, 0.1) is 13.2 Å². The van der Waals surface area contributed by atoms with Gasteiger partial charge in [0.15, 0.2) is 0 Å². The number of aromatic nitrogens is 1. The van der Waals surface area contributed by atoms with Crippen LogP contribution in [0.5, 0.6) is 5.88 Å². The third-order valence-electron chi connectivity index (χ3n) is 3.30. The van der Waals surface area contributed by atoms with Crippen molar-refractivity contribution in [2.75, 3.05) is 6.61 Å². The molecule has 0 unspecified atom stereocenters. The van der Waals surface area contributed by atoms with E-state index in [1.165, 1.54) is 0 Å². The lowest BCUT2D eigenvalue weighted by atomic mass is 10.2. The van der Waals surface area contributed by atoms with Gasteiger partial charge < -0.3 is 14.8 Å². The summed E-state index contributed by atoms with van der Waals surface area (Å²) in [6, 6.07) is 13.5. The molecule has 122 valence electrons. The average Bonchev–Trinajstić information content (AvgIpc) is 2.59. The van der Waals surface area contributed by atoms with Gasteiger partial charge in [-0.05, 0) is 25.5 Å². The van der Waals surface area contributed by atoms with E-state index in [0.29, 0.717) is 25.6 Å². The molecule has 1 heterocycles. The van der Waals surface area contributed by atoms with E-state index in [1.807, 2.05) is 49.4 Å². The zero-order valence-electron chi connectivity index (χ0n) is 13.5. The number of hydrogen-bond acceptors (Lipinski definition) is 4. The molecule has 0 bridgehead atoms. The van der Waals surface area contributed by atoms with Gasteiger partial charge in [-0.2, -0.15) is 0 Å². The molecular formula is C18H22N2O3. The number of carbonyl (C=O) groups is 1. The Morgan fingerprint density at radius 1 is 1.22 bits per heavy atom. The highest BCUT2D eigenvalue weighted by Crippen LogP contribution is 2.14. The fraction of sp³-hybridized carbons (Fsp3) is 0.333. The molecule has 0 spiro atoms. The van der Waals surface area contributed by atoms with Gasteiger partial charge in [0, 0.05) is 18.3 Å². The Kier molecular flexibility index (Phi) is 6.56. The van der Waals surface area contributed by atoms with Crippen LogP contribution in [0.4, 0.5) is 0 Å². The molecule has 1 amide bonds. The Morgan fingerprint density at radius 2 is 2.00 bits per heavy atom. The van der Waals surface area contributed by atoms with Gasteiger partial charge in [0.25, 0.3) is 0 Å². The lowest BCUT2D eigenvalue weighted by molar-refractivity contribution is -0.132. The molecule has 0 aliphatic rings. The normalized spacial score (nSPS) is 11.7. The standard InChI is InChI=1S/C18H22N2O3/c1-3-22-18-16(10-7-11-19-18)12-20-17(21)14(2)23-13-15-8-5-4-6-9-15/h4-11,14H,3,12-13H2,1-2H3,(H,20,21)/t14-/m1/s1. The highest BCUT2D eigenvalue weighted by Gasteiger charge is 2.14. The fourth-order valence-electron chi connectivity index (χ4n) is 2.02. The molecule has 0 saturated carbocycles. The summed E-state index contributed by atoms with van der Waals surface area (Å²) < 4.78 is 11.0. The van der Waals surface area contributed by atoms with Crippen molar-refractivity contribution >= 4 is 5.91 Å². The van der Waals surface area contributed by atoms with Crippen LogP contribution < -0.4 is 10.1 Å². The molecule has 0 aliphatic carbocycles. The monoisotopic (exact) mass is 314 g/mol. The van der Waals surface area contributed by atoms with Gasteiger partial charge in [-0.1, -0.05) is 36.4 Å². The quantitative estimate of drug-likeness (QED) is 0.814. The van der Waals surface area contributed by atoms with Crippen molar-refractivity contribution in [1.82, 2.24) is 10.3 Å². The topological polar surface area (TPSA) is 60.5 Å². The third kappa shape index (κ3) is 5.38. The second kappa shape index (κ2) is 8.90. The molecule has 0 aliphatic heterocycles. The summed E-state index contributed by atoms with van der Waals surface area (Å²) in [5.74, 6) is 0.389. The van der Waals surface area contributed by atoms with Crippen LogP contribution in [-0.4, -0.2) is 23.6 Å². The van der Waals surface area contributed by atoms with Gasteiger partial charge in [-0.15, -0.1) is 0 Å². The van der Waals surface area contributed by atoms with Gasteiger partial charge in [0.2, 0.25) is 11.8 Å². The van der Waals surface area contributed by atoms with E-state index in [0.717, 1.165) is 11.1 Å². The van der Waals surface area contributed by atoms with E-state index < -0.39 is 6.10 Å². The van der Waals surface area contributed by atoms with Crippen LogP contribution in [0.1, 0.15) is 25.0 Å². The molecule has 5 nitrogen and oxygen atoms in total. The van der Waals surface area contributed by atoms with Crippen LogP contribution in [0, 0.1) is 0 Å². The molecule has 23 heavy (non-hydrogen) atoms. The number of ether oxygens (including phenoxy) is 2. The number of carbonyl (C=O) groups excluding carboxylic acids is 1. The Bertz CT molecular complexity index is 617. The van der Waals surface area contributed by atoms with Crippen molar-refractivity contribution in [3.05, 3.63) is 59.8 Å². The zero-order valence-corrected chi connectivity index (χ0v) is 13.5. The van der Waals surface area contributed by atoms with Gasteiger partial charge in [-0.25, -0.2) is 4.98 Å². The van der Waals surface area contributed by atoms with E-state index in [1.54, 1.807) is 13.1 Å². The van der Waals surface area contributed by atoms with Gasteiger partial charge >= 0.3 is 0 Å². The molecular weight excluding hydrogens is 292 g/mol. The lowest BCUT2D eigenvalue weighted by Gasteiger charge is -2.14. The van der Waals surface area contributed by atoms with Crippen LogP contribution in [0.2, 0.25) is 0 Å². The average molecular weight is 314 g/mol. The minimum Gasteiger partial charge on any atom is -0.478 e. The number of hydrogen-bond donors (Lipinski definition) is 1. The van der Waals surface area contributed by atoms with Crippen LogP contribution >= 0.6 is 0 Å². The first-order chi connectivity index (χ1) is 11.2. The van der Waals surface area contributed by atoms with Crippen molar-refractivity contribution in [3.63, 3.8) is 0 Å². The van der Waals surface area contributed by atoms with Gasteiger partial charge in [0.1, 0.15) is 6.10 Å². The van der Waals surface area contributed by atoms with Crippen molar-refractivity contribution in [2.24, 2.45) is 0 Å². The van der Waals surface area contributed by atoms with E-state index in [4.69, 9.17) is 9.47 Å². The number of pyridine rings is 1. The summed E-state index contributed by atoms with van der Waals surface area (Å²) in [6.45, 7) is 4.95. The Hall–Kier alpha value is -2.40. The van der Waals surface area contributed by atoms with Crippen LogP contribution in [-0.2, 0) is 22.7 Å². The molecule has 2 aromatic rings. The summed E-state index contributed by atoms with van der Waals surface area (Å²) in [4.78, 5) is 16.3. The maximum atomic E-state index is 12.1. The number of nitrogens with zero attached hydrogens (tertiary/aromatic N) is 1. The molecule has 2 rings (SSSR count). The number of amides is 1. The summed E-state index contributed by atoms with van der Waals surface area (Å²) in [7, 11) is 0. The fourth-order valence-corrected chi connectivity index (χ4v) is 2.02. The van der Waals surface area contributed by atoms with Crippen LogP contribution in [0.25, 0.3) is 0 Å². The van der Waals surface area contributed by atoms with E-state index in [-0.39, 0.29) is 5.91 Å². The maximum absolute atomic E-state index is 12.1. The van der Waals surface area contributed by atoms with Crippen LogP contribution in [0.3, 0.4) is 0 Å². The number of benzene rings is 1. The predicted octanol–water partition coefficient (Wildman–Crippen LogP) is 2.70. The molecule has 0 saturated heterocycles. The molecule has 5 heteroatoms. The molecule has 1 aromatic heterocycles. The summed E-state index contributed by atoms with van der Waals surface area (Å²) in [5.41, 5.74) is 1.89. The van der Waals surface area contributed by atoms with Crippen molar-refractivity contribution in [2.45, 2.75) is 33.1 Å². The van der Waals surface area contributed by atoms with E-state index in [2.05, 4.69) is 10.3 Å². The molecule has 1 atom stereocenters. The Labute approximate surface area is 136 Å². The summed E-state index contributed by atoms with van der Waals surface area (Å²) in [6.07, 6.45) is 1.14. The third-order valence-corrected chi connectivity index (χ3v) is 3.30. The lowest BCUT2D eigenvalue weighted by Crippen LogP contribution is -2.34. The van der Waals surface area contributed by atoms with E-state index in [9.17, 15) is 4.79 Å². The number of nitrogens with one attached hydrogen (secondary N) is 1. The highest BCUT2D eigenvalue weighted by atomic mass is 16.5. The van der Waals surface area contributed by atoms with Crippen LogP contribution in [0.15, 0.2) is 48.7 Å². The highest BCUT2D eigenvalue weighted by molar-refractivity contribution is 5.80. The first-order valence-electron chi connectivity index (χ1n) is 7.70. The molecule has 1 aromatic carbocycles. The molecule has 1 N–H and O–H groups in total. The zero-order chi connectivity index (χ0) is 16.5. The summed E-state index contributed by atoms with van der Waals surface area (Å²) >= 11 is 0. The Balaban J connectivity index is 1.82. The van der Waals surface area contributed by atoms with E-state index >= 15 is 0 Å². The molecule has 0 fully saturated rings. The minimum atomic E-state index is -0.526. The first kappa shape index (κ1) is 17.0. The maximum Gasteiger partial charge on any atom is 0.249 e. The summed E-state index contributed by atoms with van der Waals surface area (Å²) in [5, 5.41) is 2.85. The smallest absolute Gasteiger partial charge is 0.249 e. The minimum absolute atomic E-state index is 0.160. The molecule has 0 radical (unpaired) electrons. The first-order valence-corrected chi connectivity index (χ1v) is 7.70. The van der Waals surface area contributed by atoms with Crippen molar-refractivity contribution in [3.8, 4) is 5.88 Å². The largest absolute Gasteiger partial charge is 0.478 e. The van der Waals surface area contributed by atoms with Gasteiger partial charge in [-0.3, -0.25) is 4.79 Å². The number of rotatable bonds is 8. The SMILES string of the molecule is CCOc1ncccc1CNC(=O)[C@@H](C)OCc1ccccc1. The second-order valence-electron chi connectivity index (χ2n) is 5.06. The van der Waals surface area contributed by atoms with Crippen molar-refractivity contribution in [1.29, 1.82) is 0 Å². The predicted molar refractivity (Wildman–Crippen MR) is 87.9 cm³/mol. The Morgan fingerprint density at radius 3 is 2.74 bits per heavy atom.